The Kier molecular flexibility index (Phi) is 4.74. The van der Waals surface area contributed by atoms with Gasteiger partial charge in [0.15, 0.2) is 0 Å². The molecular weight excluding hydrogens is 258 g/mol. The maximum Gasteiger partial charge on any atom is 0.326 e. The lowest BCUT2D eigenvalue weighted by molar-refractivity contribution is -0.143. The van der Waals surface area contributed by atoms with Crippen LogP contribution in [-0.2, 0) is 20.7 Å². The van der Waals surface area contributed by atoms with Gasteiger partial charge in [0.1, 0.15) is 12.1 Å². The lowest BCUT2D eigenvalue weighted by atomic mass is 10.0. The third-order valence-electron chi connectivity index (χ3n) is 3.36. The molecule has 0 aromatic heterocycles. The fourth-order valence-electron chi connectivity index (χ4n) is 2.32. The van der Waals surface area contributed by atoms with Crippen LogP contribution in [0.3, 0.4) is 0 Å². The topological polar surface area (TPSA) is 75.6 Å². The van der Waals surface area contributed by atoms with Crippen LogP contribution in [0.15, 0.2) is 24.3 Å². The zero-order valence-corrected chi connectivity index (χ0v) is 11.5. The fraction of sp³-hybridized carbons (Fsp3) is 0.467. The molecule has 0 spiro atoms. The lowest BCUT2D eigenvalue weighted by Gasteiger charge is -2.17. The Bertz CT molecular complexity index is 494. The van der Waals surface area contributed by atoms with Crippen LogP contribution in [0.2, 0.25) is 0 Å². The Morgan fingerprint density at radius 1 is 1.50 bits per heavy atom. The number of amides is 1. The summed E-state index contributed by atoms with van der Waals surface area (Å²) in [7, 11) is 0. The van der Waals surface area contributed by atoms with Crippen LogP contribution in [0, 0.1) is 6.92 Å². The molecule has 1 aliphatic rings. The first-order valence-electron chi connectivity index (χ1n) is 6.76. The minimum absolute atomic E-state index is 0.273. The van der Waals surface area contributed by atoms with Gasteiger partial charge in [0, 0.05) is 13.0 Å². The molecule has 0 bridgehead atoms. The summed E-state index contributed by atoms with van der Waals surface area (Å²) in [6, 6.07) is 6.69. The second-order valence-corrected chi connectivity index (χ2v) is 5.09. The Morgan fingerprint density at radius 3 is 2.90 bits per heavy atom. The minimum atomic E-state index is -1.03. The average molecular weight is 277 g/mol. The number of carboxylic acids is 1. The maximum absolute atomic E-state index is 11.9. The van der Waals surface area contributed by atoms with Gasteiger partial charge >= 0.3 is 5.97 Å². The van der Waals surface area contributed by atoms with Crippen LogP contribution in [0.4, 0.5) is 0 Å². The number of ether oxygens (including phenoxy) is 1. The highest BCUT2D eigenvalue weighted by Gasteiger charge is 2.28. The highest BCUT2D eigenvalue weighted by atomic mass is 16.5. The molecule has 2 atom stereocenters. The Morgan fingerprint density at radius 2 is 2.30 bits per heavy atom. The lowest BCUT2D eigenvalue weighted by Crippen LogP contribution is -2.46. The predicted molar refractivity (Wildman–Crippen MR) is 73.4 cm³/mol. The van der Waals surface area contributed by atoms with E-state index < -0.39 is 18.1 Å². The van der Waals surface area contributed by atoms with Crippen LogP contribution in [0.5, 0.6) is 0 Å². The first-order chi connectivity index (χ1) is 9.56. The van der Waals surface area contributed by atoms with Crippen molar-refractivity contribution in [1.29, 1.82) is 0 Å². The van der Waals surface area contributed by atoms with E-state index in [-0.39, 0.29) is 12.3 Å². The number of nitrogens with one attached hydrogen (secondary N) is 1. The number of rotatable bonds is 5. The monoisotopic (exact) mass is 277 g/mol. The molecule has 1 heterocycles. The van der Waals surface area contributed by atoms with Crippen molar-refractivity contribution >= 4 is 11.9 Å². The number of carboxylic acid groups (broad SMARTS) is 1. The summed E-state index contributed by atoms with van der Waals surface area (Å²) in [5.74, 6) is -1.36. The molecule has 1 amide bonds. The molecule has 0 radical (unpaired) electrons. The second kappa shape index (κ2) is 6.52. The number of carbonyl (C=O) groups excluding carboxylic acids is 1. The predicted octanol–water partition coefficient (Wildman–Crippen LogP) is 1.29. The molecule has 5 heteroatoms. The average Bonchev–Trinajstić information content (AvgIpc) is 2.91. The van der Waals surface area contributed by atoms with Crippen molar-refractivity contribution in [3.8, 4) is 0 Å². The van der Waals surface area contributed by atoms with Crippen LogP contribution >= 0.6 is 0 Å². The summed E-state index contributed by atoms with van der Waals surface area (Å²) < 4.78 is 5.26. The van der Waals surface area contributed by atoms with Gasteiger partial charge in [-0.05, 0) is 25.3 Å². The van der Waals surface area contributed by atoms with Gasteiger partial charge in [-0.1, -0.05) is 29.8 Å². The molecule has 2 rings (SSSR count). The van der Waals surface area contributed by atoms with Crippen LogP contribution in [-0.4, -0.2) is 35.7 Å². The summed E-state index contributed by atoms with van der Waals surface area (Å²) in [6.45, 7) is 2.51. The van der Waals surface area contributed by atoms with E-state index in [1.165, 1.54) is 0 Å². The second-order valence-electron chi connectivity index (χ2n) is 5.09. The molecule has 0 saturated carbocycles. The molecule has 0 aliphatic carbocycles. The molecule has 5 nitrogen and oxygen atoms in total. The van der Waals surface area contributed by atoms with Crippen LogP contribution in [0.25, 0.3) is 0 Å². The largest absolute Gasteiger partial charge is 0.480 e. The van der Waals surface area contributed by atoms with Crippen LogP contribution in [0.1, 0.15) is 24.0 Å². The summed E-state index contributed by atoms with van der Waals surface area (Å²) in [4.78, 5) is 23.2. The zero-order chi connectivity index (χ0) is 14.5. The minimum Gasteiger partial charge on any atom is -0.480 e. The van der Waals surface area contributed by atoms with E-state index in [0.29, 0.717) is 13.0 Å². The molecule has 20 heavy (non-hydrogen) atoms. The van der Waals surface area contributed by atoms with Crippen molar-refractivity contribution in [2.24, 2.45) is 0 Å². The van der Waals surface area contributed by atoms with Crippen molar-refractivity contribution in [2.45, 2.75) is 38.3 Å². The van der Waals surface area contributed by atoms with Crippen molar-refractivity contribution in [1.82, 2.24) is 5.32 Å². The van der Waals surface area contributed by atoms with Gasteiger partial charge in [0.2, 0.25) is 5.91 Å². The molecule has 2 N–H and O–H groups in total. The highest BCUT2D eigenvalue weighted by molar-refractivity contribution is 5.86. The van der Waals surface area contributed by atoms with E-state index in [0.717, 1.165) is 17.5 Å². The van der Waals surface area contributed by atoms with Crippen molar-refractivity contribution in [3.05, 3.63) is 35.4 Å². The van der Waals surface area contributed by atoms with E-state index in [2.05, 4.69) is 5.32 Å². The highest BCUT2D eigenvalue weighted by Crippen LogP contribution is 2.13. The summed E-state index contributed by atoms with van der Waals surface area (Å²) in [5, 5.41) is 11.8. The van der Waals surface area contributed by atoms with Gasteiger partial charge < -0.3 is 15.2 Å². The maximum atomic E-state index is 11.9. The third-order valence-corrected chi connectivity index (χ3v) is 3.36. The summed E-state index contributed by atoms with van der Waals surface area (Å²) in [5.41, 5.74) is 1.96. The van der Waals surface area contributed by atoms with Crippen LogP contribution < -0.4 is 5.32 Å². The summed E-state index contributed by atoms with van der Waals surface area (Å²) in [6.07, 6.45) is 1.26. The molecule has 1 saturated heterocycles. The van der Waals surface area contributed by atoms with E-state index in [1.54, 1.807) is 0 Å². The number of benzene rings is 1. The number of aryl methyl sites for hydroxylation is 1. The van der Waals surface area contributed by atoms with E-state index >= 15 is 0 Å². The quantitative estimate of drug-likeness (QED) is 0.850. The zero-order valence-electron chi connectivity index (χ0n) is 11.5. The molecule has 0 unspecified atom stereocenters. The van der Waals surface area contributed by atoms with Gasteiger partial charge in [0.05, 0.1) is 0 Å². The van der Waals surface area contributed by atoms with Crippen molar-refractivity contribution in [2.75, 3.05) is 6.61 Å². The smallest absolute Gasteiger partial charge is 0.326 e. The molecular formula is C15H19NO4. The SMILES string of the molecule is Cc1cccc(C[C@@H](NC(=O)[C@H]2CCCO2)C(=O)O)c1. The van der Waals surface area contributed by atoms with Crippen molar-refractivity contribution in [3.63, 3.8) is 0 Å². The Balaban J connectivity index is 2.00. The molecule has 1 fully saturated rings. The number of hydrogen-bond acceptors (Lipinski definition) is 3. The van der Waals surface area contributed by atoms with E-state index in [1.807, 2.05) is 31.2 Å². The van der Waals surface area contributed by atoms with Gasteiger partial charge in [0.25, 0.3) is 0 Å². The first-order valence-corrected chi connectivity index (χ1v) is 6.76. The van der Waals surface area contributed by atoms with Gasteiger partial charge in [-0.2, -0.15) is 0 Å². The molecule has 1 aromatic carbocycles. The number of hydrogen-bond donors (Lipinski definition) is 2. The molecule has 1 aromatic rings. The van der Waals surface area contributed by atoms with Gasteiger partial charge in [-0.25, -0.2) is 4.79 Å². The first kappa shape index (κ1) is 14.5. The van der Waals surface area contributed by atoms with Gasteiger partial charge in [-0.15, -0.1) is 0 Å². The molecule has 1 aliphatic heterocycles. The number of aliphatic carboxylic acids is 1. The summed E-state index contributed by atoms with van der Waals surface area (Å²) >= 11 is 0. The van der Waals surface area contributed by atoms with E-state index in [4.69, 9.17) is 4.74 Å². The standard InChI is InChI=1S/C15H19NO4/c1-10-4-2-5-11(8-10)9-12(15(18)19)16-14(17)13-6-3-7-20-13/h2,4-5,8,12-13H,3,6-7,9H2,1H3,(H,16,17)(H,18,19)/t12-,13-/m1/s1. The fourth-order valence-corrected chi connectivity index (χ4v) is 2.32. The Hall–Kier alpha value is -1.88. The third kappa shape index (κ3) is 3.81. The Labute approximate surface area is 117 Å². The molecule has 108 valence electrons. The normalized spacial score (nSPS) is 19.6. The van der Waals surface area contributed by atoms with Gasteiger partial charge in [-0.3, -0.25) is 4.79 Å². The van der Waals surface area contributed by atoms with E-state index in [9.17, 15) is 14.7 Å². The van der Waals surface area contributed by atoms with Crippen molar-refractivity contribution < 1.29 is 19.4 Å². The number of carbonyl (C=O) groups is 2.